The molecule has 6 nitrogen and oxygen atoms in total. The molecule has 0 bridgehead atoms. The van der Waals surface area contributed by atoms with Gasteiger partial charge in [-0.3, -0.25) is 0 Å². The summed E-state index contributed by atoms with van der Waals surface area (Å²) >= 11 is 0. The van der Waals surface area contributed by atoms with Gasteiger partial charge in [-0.05, 0) is 24.3 Å². The number of benzene rings is 1. The fourth-order valence-electron chi connectivity index (χ4n) is 3.24. The van der Waals surface area contributed by atoms with Crippen LogP contribution in [0, 0.1) is 0 Å². The van der Waals surface area contributed by atoms with E-state index >= 15 is 0 Å². The summed E-state index contributed by atoms with van der Waals surface area (Å²) in [4.78, 5) is 11.0. The number of hydrogen-bond donors (Lipinski definition) is 0. The van der Waals surface area contributed by atoms with E-state index in [4.69, 9.17) is 9.47 Å². The molecule has 1 aromatic carbocycles. The maximum Gasteiger partial charge on any atom is 0.231 e. The highest BCUT2D eigenvalue weighted by Gasteiger charge is 2.30. The zero-order chi connectivity index (χ0) is 15.7. The molecule has 4 rings (SSSR count). The molecule has 0 spiro atoms. The lowest BCUT2D eigenvalue weighted by Gasteiger charge is -2.42. The number of quaternary nitrogens is 1. The van der Waals surface area contributed by atoms with Crippen molar-refractivity contribution in [3.63, 3.8) is 0 Å². The van der Waals surface area contributed by atoms with Gasteiger partial charge in [-0.1, -0.05) is 0 Å². The van der Waals surface area contributed by atoms with Gasteiger partial charge in [0.25, 0.3) is 0 Å². The van der Waals surface area contributed by atoms with Crippen LogP contribution in [0.1, 0.15) is 5.56 Å². The van der Waals surface area contributed by atoms with Crippen molar-refractivity contribution in [1.29, 1.82) is 0 Å². The first-order valence-electron chi connectivity index (χ1n) is 7.96. The summed E-state index contributed by atoms with van der Waals surface area (Å²) in [6.07, 6.45) is 3.61. The van der Waals surface area contributed by atoms with Gasteiger partial charge in [-0.15, -0.1) is 0 Å². The molecule has 0 saturated carbocycles. The number of likely N-dealkylation sites (N-methyl/N-ethyl adjacent to an activating group) is 1. The summed E-state index contributed by atoms with van der Waals surface area (Å²) in [5, 5.41) is 0. The molecule has 24 heavy (non-hydrogen) atoms. The van der Waals surface area contributed by atoms with Gasteiger partial charge < -0.3 is 42.8 Å². The molecule has 2 aliphatic heterocycles. The number of halogens is 1. The van der Waals surface area contributed by atoms with Gasteiger partial charge >= 0.3 is 0 Å². The van der Waals surface area contributed by atoms with Crippen molar-refractivity contribution in [2.75, 3.05) is 44.9 Å². The number of aromatic nitrogens is 2. The van der Waals surface area contributed by atoms with E-state index in [2.05, 4.69) is 34.0 Å². The smallest absolute Gasteiger partial charge is 0.231 e. The maximum absolute atomic E-state index is 5.48. The van der Waals surface area contributed by atoms with Crippen LogP contribution in [0.4, 0.5) is 5.95 Å². The second-order valence-corrected chi connectivity index (χ2v) is 6.45. The number of rotatable bonds is 3. The van der Waals surface area contributed by atoms with Gasteiger partial charge in [0.15, 0.2) is 11.5 Å². The lowest BCUT2D eigenvalue weighted by Crippen LogP contribution is -3.00. The average Bonchev–Trinajstić information content (AvgIpc) is 3.04. The minimum Gasteiger partial charge on any atom is -1.00 e. The Morgan fingerprint density at radius 2 is 1.79 bits per heavy atom. The SMILES string of the molecule is C[N+]1(Cc2ccc3c(c2)OCO3)CCN(c2ncccn2)CC1.[I-]. The van der Waals surface area contributed by atoms with Gasteiger partial charge in [0.05, 0.1) is 33.2 Å². The van der Waals surface area contributed by atoms with Crippen LogP contribution in [0.25, 0.3) is 0 Å². The van der Waals surface area contributed by atoms with E-state index in [9.17, 15) is 0 Å². The topological polar surface area (TPSA) is 47.5 Å². The number of piperazine rings is 1. The maximum atomic E-state index is 5.48. The first kappa shape index (κ1) is 17.2. The number of anilines is 1. The fraction of sp³-hybridized carbons (Fsp3) is 0.412. The molecule has 0 amide bonds. The molecule has 3 heterocycles. The van der Waals surface area contributed by atoms with Gasteiger partial charge in [0, 0.05) is 18.0 Å². The fourth-order valence-corrected chi connectivity index (χ4v) is 3.24. The molecule has 0 radical (unpaired) electrons. The largest absolute Gasteiger partial charge is 1.00 e. The van der Waals surface area contributed by atoms with Gasteiger partial charge in [-0.25, -0.2) is 9.97 Å². The highest BCUT2D eigenvalue weighted by Crippen LogP contribution is 2.33. The lowest BCUT2D eigenvalue weighted by molar-refractivity contribution is -0.923. The minimum absolute atomic E-state index is 0. The Morgan fingerprint density at radius 1 is 1.08 bits per heavy atom. The summed E-state index contributed by atoms with van der Waals surface area (Å²) in [5.74, 6) is 2.55. The summed E-state index contributed by atoms with van der Waals surface area (Å²) < 4.78 is 11.9. The number of ether oxygens (including phenoxy) is 2. The highest BCUT2D eigenvalue weighted by atomic mass is 127. The Morgan fingerprint density at radius 3 is 2.54 bits per heavy atom. The predicted molar refractivity (Wildman–Crippen MR) is 86.4 cm³/mol. The molecule has 0 atom stereocenters. The van der Waals surface area contributed by atoms with E-state index in [0.29, 0.717) is 6.79 Å². The molecule has 7 heteroatoms. The molecular weight excluding hydrogens is 419 g/mol. The standard InChI is InChI=1S/C17H21N4O2.HI/c1-21(12-14-3-4-15-16(11-14)23-13-22-15)9-7-20(8-10-21)17-18-5-2-6-19-17;/h2-6,11H,7-10,12-13H2,1H3;1H/q+1;/p-1. The molecule has 1 fully saturated rings. The van der Waals surface area contributed by atoms with Crippen molar-refractivity contribution in [2.24, 2.45) is 0 Å². The monoisotopic (exact) mass is 440 g/mol. The van der Waals surface area contributed by atoms with Crippen LogP contribution in [-0.4, -0.2) is 54.5 Å². The minimum atomic E-state index is 0. The van der Waals surface area contributed by atoms with Gasteiger partial charge in [0.2, 0.25) is 12.7 Å². The van der Waals surface area contributed by atoms with E-state index < -0.39 is 0 Å². The molecule has 1 saturated heterocycles. The third kappa shape index (κ3) is 3.56. The Bertz CT molecular complexity index is 690. The van der Waals surface area contributed by atoms with Crippen molar-refractivity contribution < 1.29 is 37.9 Å². The van der Waals surface area contributed by atoms with Crippen LogP contribution in [-0.2, 0) is 6.54 Å². The van der Waals surface area contributed by atoms with Crippen LogP contribution >= 0.6 is 0 Å². The molecule has 2 aromatic rings. The quantitative estimate of drug-likeness (QED) is 0.438. The Labute approximate surface area is 159 Å². The lowest BCUT2D eigenvalue weighted by atomic mass is 10.1. The third-order valence-electron chi connectivity index (χ3n) is 4.66. The Kier molecular flexibility index (Phi) is 5.09. The van der Waals surface area contributed by atoms with E-state index in [-0.39, 0.29) is 24.0 Å². The third-order valence-corrected chi connectivity index (χ3v) is 4.66. The van der Waals surface area contributed by atoms with Crippen molar-refractivity contribution in [2.45, 2.75) is 6.54 Å². The van der Waals surface area contributed by atoms with E-state index in [1.54, 1.807) is 12.4 Å². The van der Waals surface area contributed by atoms with E-state index in [1.807, 2.05) is 12.1 Å². The second-order valence-electron chi connectivity index (χ2n) is 6.45. The van der Waals surface area contributed by atoms with Gasteiger partial charge in [-0.2, -0.15) is 0 Å². The van der Waals surface area contributed by atoms with Gasteiger partial charge in [0.1, 0.15) is 6.54 Å². The van der Waals surface area contributed by atoms with Crippen LogP contribution in [0.2, 0.25) is 0 Å². The van der Waals surface area contributed by atoms with Crippen LogP contribution < -0.4 is 38.4 Å². The first-order valence-corrected chi connectivity index (χ1v) is 7.96. The Balaban J connectivity index is 0.00000169. The van der Waals surface area contributed by atoms with Crippen molar-refractivity contribution >= 4 is 5.95 Å². The van der Waals surface area contributed by atoms with Crippen LogP contribution in [0.5, 0.6) is 11.5 Å². The van der Waals surface area contributed by atoms with Crippen LogP contribution in [0.15, 0.2) is 36.7 Å². The second kappa shape index (κ2) is 7.10. The normalized spacial score (nSPS) is 18.1. The number of nitrogens with zero attached hydrogens (tertiary/aromatic N) is 4. The van der Waals surface area contributed by atoms with E-state index in [1.165, 1.54) is 5.56 Å². The van der Waals surface area contributed by atoms with Crippen molar-refractivity contribution in [3.8, 4) is 11.5 Å². The average molecular weight is 440 g/mol. The predicted octanol–water partition coefficient (Wildman–Crippen LogP) is -1.32. The highest BCUT2D eigenvalue weighted by molar-refractivity contribution is 5.44. The number of hydrogen-bond acceptors (Lipinski definition) is 5. The molecule has 0 unspecified atom stereocenters. The summed E-state index contributed by atoms with van der Waals surface area (Å²) in [6, 6.07) is 8.12. The molecule has 2 aliphatic rings. The molecule has 0 N–H and O–H groups in total. The molecular formula is C17H21IN4O2. The molecule has 1 aromatic heterocycles. The summed E-state index contributed by atoms with van der Waals surface area (Å²) in [7, 11) is 2.31. The van der Waals surface area contributed by atoms with E-state index in [0.717, 1.165) is 54.7 Å². The summed E-state index contributed by atoms with van der Waals surface area (Å²) in [6.45, 7) is 5.44. The van der Waals surface area contributed by atoms with Crippen molar-refractivity contribution in [3.05, 3.63) is 42.2 Å². The summed E-state index contributed by atoms with van der Waals surface area (Å²) in [5.41, 5.74) is 1.29. The Hall–Kier alpha value is -1.61. The zero-order valence-corrected chi connectivity index (χ0v) is 15.8. The zero-order valence-electron chi connectivity index (χ0n) is 13.7. The first-order chi connectivity index (χ1) is 11.2. The van der Waals surface area contributed by atoms with Crippen molar-refractivity contribution in [1.82, 2.24) is 9.97 Å². The molecule has 0 aliphatic carbocycles. The number of fused-ring (bicyclic) bond motifs is 1. The van der Waals surface area contributed by atoms with Crippen LogP contribution in [0.3, 0.4) is 0 Å². The molecule has 128 valence electrons.